The summed E-state index contributed by atoms with van der Waals surface area (Å²) in [5.74, 6) is 0. The molecule has 2 aromatic rings. The average molecular weight is 344 g/mol. The first-order valence-corrected chi connectivity index (χ1v) is 8.41. The molecule has 0 unspecified atom stereocenters. The molecule has 0 atom stereocenters. The highest BCUT2D eigenvalue weighted by Gasteiger charge is 2.21. The summed E-state index contributed by atoms with van der Waals surface area (Å²) in [5, 5.41) is 9.20. The fourth-order valence-corrected chi connectivity index (χ4v) is 3.17. The number of aryl methyl sites for hydroxylation is 1. The van der Waals surface area contributed by atoms with Crippen LogP contribution in [0.1, 0.15) is 32.9 Å². The molecular weight excluding hydrogens is 320 g/mol. The lowest BCUT2D eigenvalue weighted by Crippen LogP contribution is -2.34. The minimum atomic E-state index is -0.921. The maximum absolute atomic E-state index is 12.6. The SMILES string of the molecule is Cn1c(=O)n(CC(C)(C)C)c2ccc(C3=CCCN(C(=O)O)C3)nc21. The zero-order valence-electron chi connectivity index (χ0n) is 15.1. The lowest BCUT2D eigenvalue weighted by Gasteiger charge is -2.24. The molecule has 0 saturated heterocycles. The van der Waals surface area contributed by atoms with Crippen LogP contribution >= 0.6 is 0 Å². The van der Waals surface area contributed by atoms with Gasteiger partial charge in [0, 0.05) is 20.1 Å². The molecule has 0 spiro atoms. The van der Waals surface area contributed by atoms with Crippen molar-refractivity contribution in [3.05, 3.63) is 34.4 Å². The van der Waals surface area contributed by atoms with E-state index in [1.807, 2.05) is 18.2 Å². The van der Waals surface area contributed by atoms with Gasteiger partial charge in [-0.15, -0.1) is 0 Å². The topological polar surface area (TPSA) is 80.4 Å². The van der Waals surface area contributed by atoms with Crippen LogP contribution in [-0.4, -0.2) is 43.3 Å². The van der Waals surface area contributed by atoms with Crippen LogP contribution in [0.4, 0.5) is 4.79 Å². The molecule has 2 aromatic heterocycles. The number of aromatic nitrogens is 3. The molecule has 1 aliphatic heterocycles. The first-order chi connectivity index (χ1) is 11.7. The quantitative estimate of drug-likeness (QED) is 0.908. The zero-order chi connectivity index (χ0) is 18.4. The van der Waals surface area contributed by atoms with E-state index in [4.69, 9.17) is 0 Å². The molecule has 0 radical (unpaired) electrons. The van der Waals surface area contributed by atoms with Crippen LogP contribution in [0.2, 0.25) is 0 Å². The van der Waals surface area contributed by atoms with E-state index in [0.717, 1.165) is 16.8 Å². The van der Waals surface area contributed by atoms with Crippen molar-refractivity contribution in [2.45, 2.75) is 33.7 Å². The number of rotatable bonds is 2. The monoisotopic (exact) mass is 344 g/mol. The number of carbonyl (C=O) groups is 1. The van der Waals surface area contributed by atoms with E-state index in [1.54, 1.807) is 16.2 Å². The smallest absolute Gasteiger partial charge is 0.407 e. The summed E-state index contributed by atoms with van der Waals surface area (Å²) in [5.41, 5.74) is 2.93. The van der Waals surface area contributed by atoms with Crippen molar-refractivity contribution in [2.24, 2.45) is 12.5 Å². The molecule has 25 heavy (non-hydrogen) atoms. The highest BCUT2D eigenvalue weighted by molar-refractivity contribution is 5.78. The summed E-state index contributed by atoms with van der Waals surface area (Å²) in [7, 11) is 1.72. The van der Waals surface area contributed by atoms with Gasteiger partial charge in [-0.25, -0.2) is 14.6 Å². The van der Waals surface area contributed by atoms with Crippen molar-refractivity contribution in [3.8, 4) is 0 Å². The van der Waals surface area contributed by atoms with Crippen LogP contribution in [0.5, 0.6) is 0 Å². The van der Waals surface area contributed by atoms with Crippen LogP contribution in [0.25, 0.3) is 16.7 Å². The molecule has 7 nitrogen and oxygen atoms in total. The molecule has 1 aliphatic rings. The fraction of sp³-hybridized carbons (Fsp3) is 0.500. The summed E-state index contributed by atoms with van der Waals surface area (Å²) in [6.07, 6.45) is 1.78. The summed E-state index contributed by atoms with van der Waals surface area (Å²) < 4.78 is 3.31. The number of hydrogen-bond acceptors (Lipinski definition) is 3. The van der Waals surface area contributed by atoms with Gasteiger partial charge in [0.15, 0.2) is 5.65 Å². The molecule has 7 heteroatoms. The summed E-state index contributed by atoms with van der Waals surface area (Å²) in [6.45, 7) is 7.71. The van der Waals surface area contributed by atoms with Gasteiger partial charge in [0.1, 0.15) is 0 Å². The molecule has 134 valence electrons. The first-order valence-electron chi connectivity index (χ1n) is 8.41. The standard InChI is InChI=1S/C18H24N4O3/c1-18(2,3)11-22-14-8-7-13(19-15(14)20(4)16(22)23)12-6-5-9-21(10-12)17(24)25/h6-8H,5,9-11H2,1-4H3,(H,24,25). The normalized spacial score (nSPS) is 15.5. The molecule has 0 aromatic carbocycles. The Labute approximate surface area is 146 Å². The lowest BCUT2D eigenvalue weighted by molar-refractivity contribution is 0.150. The van der Waals surface area contributed by atoms with E-state index in [9.17, 15) is 14.7 Å². The average Bonchev–Trinajstić information content (AvgIpc) is 2.78. The zero-order valence-corrected chi connectivity index (χ0v) is 15.1. The molecule has 1 N–H and O–H groups in total. The van der Waals surface area contributed by atoms with E-state index in [2.05, 4.69) is 25.8 Å². The third-order valence-corrected chi connectivity index (χ3v) is 4.36. The molecule has 3 heterocycles. The van der Waals surface area contributed by atoms with Crippen LogP contribution in [0, 0.1) is 5.41 Å². The summed E-state index contributed by atoms with van der Waals surface area (Å²) in [4.78, 5) is 29.8. The van der Waals surface area contributed by atoms with Crippen molar-refractivity contribution in [3.63, 3.8) is 0 Å². The molecular formula is C18H24N4O3. The van der Waals surface area contributed by atoms with Gasteiger partial charge in [0.05, 0.1) is 17.8 Å². The Balaban J connectivity index is 2.04. The summed E-state index contributed by atoms with van der Waals surface area (Å²) >= 11 is 0. The second-order valence-electron chi connectivity index (χ2n) is 7.75. The molecule has 0 fully saturated rings. The Bertz CT molecular complexity index is 915. The highest BCUT2D eigenvalue weighted by atomic mass is 16.4. The first kappa shape index (κ1) is 17.3. The van der Waals surface area contributed by atoms with E-state index >= 15 is 0 Å². The van der Waals surface area contributed by atoms with Crippen LogP contribution in [0.15, 0.2) is 23.0 Å². The minimum Gasteiger partial charge on any atom is -0.465 e. The largest absolute Gasteiger partial charge is 0.465 e. The highest BCUT2D eigenvalue weighted by Crippen LogP contribution is 2.23. The van der Waals surface area contributed by atoms with Gasteiger partial charge in [-0.1, -0.05) is 26.8 Å². The van der Waals surface area contributed by atoms with Crippen molar-refractivity contribution >= 4 is 22.8 Å². The Morgan fingerprint density at radius 3 is 2.68 bits per heavy atom. The second-order valence-corrected chi connectivity index (χ2v) is 7.75. The third-order valence-electron chi connectivity index (χ3n) is 4.36. The van der Waals surface area contributed by atoms with Gasteiger partial charge in [-0.3, -0.25) is 9.13 Å². The van der Waals surface area contributed by atoms with Gasteiger partial charge >= 0.3 is 11.8 Å². The van der Waals surface area contributed by atoms with Gasteiger partial charge in [-0.2, -0.15) is 0 Å². The Hall–Kier alpha value is -2.57. The number of carboxylic acid groups (broad SMARTS) is 1. The van der Waals surface area contributed by atoms with Crippen molar-refractivity contribution in [1.29, 1.82) is 0 Å². The molecule has 0 aliphatic carbocycles. The van der Waals surface area contributed by atoms with Crippen molar-refractivity contribution in [1.82, 2.24) is 19.0 Å². The number of hydrogen-bond donors (Lipinski definition) is 1. The second kappa shape index (κ2) is 6.06. The van der Waals surface area contributed by atoms with Crippen LogP contribution < -0.4 is 5.69 Å². The predicted molar refractivity (Wildman–Crippen MR) is 96.6 cm³/mol. The third kappa shape index (κ3) is 3.31. The maximum atomic E-state index is 12.6. The lowest BCUT2D eigenvalue weighted by atomic mass is 9.97. The minimum absolute atomic E-state index is 0.0231. The molecule has 0 saturated carbocycles. The number of amides is 1. The molecule has 3 rings (SSSR count). The fourth-order valence-electron chi connectivity index (χ4n) is 3.17. The van der Waals surface area contributed by atoms with Crippen LogP contribution in [-0.2, 0) is 13.6 Å². The van der Waals surface area contributed by atoms with E-state index in [0.29, 0.717) is 31.7 Å². The van der Waals surface area contributed by atoms with Crippen LogP contribution in [0.3, 0.4) is 0 Å². The Morgan fingerprint density at radius 1 is 1.32 bits per heavy atom. The van der Waals surface area contributed by atoms with E-state index < -0.39 is 6.09 Å². The number of imidazole rings is 1. The Morgan fingerprint density at radius 2 is 2.04 bits per heavy atom. The number of nitrogens with zero attached hydrogens (tertiary/aromatic N) is 4. The van der Waals surface area contributed by atoms with E-state index in [1.165, 1.54) is 4.90 Å². The van der Waals surface area contributed by atoms with Gasteiger partial charge in [-0.05, 0) is 29.5 Å². The number of fused-ring (bicyclic) bond motifs is 1. The van der Waals surface area contributed by atoms with E-state index in [-0.39, 0.29) is 11.1 Å². The maximum Gasteiger partial charge on any atom is 0.407 e. The number of pyridine rings is 1. The summed E-state index contributed by atoms with van der Waals surface area (Å²) in [6, 6.07) is 3.78. The van der Waals surface area contributed by atoms with Gasteiger partial charge in [0.25, 0.3) is 0 Å². The van der Waals surface area contributed by atoms with Crippen molar-refractivity contribution in [2.75, 3.05) is 13.1 Å². The van der Waals surface area contributed by atoms with Crippen molar-refractivity contribution < 1.29 is 9.90 Å². The van der Waals surface area contributed by atoms with Gasteiger partial charge < -0.3 is 10.0 Å². The Kier molecular flexibility index (Phi) is 4.18. The molecule has 0 bridgehead atoms. The molecule has 1 amide bonds. The predicted octanol–water partition coefficient (Wildman–Crippen LogP) is 2.55. The van der Waals surface area contributed by atoms with Gasteiger partial charge in [0.2, 0.25) is 0 Å².